The quantitative estimate of drug-likeness (QED) is 0.490. The summed E-state index contributed by atoms with van der Waals surface area (Å²) in [5.74, 6) is 0.424. The van der Waals surface area contributed by atoms with Gasteiger partial charge in [0.1, 0.15) is 6.61 Å². The number of hydrogen-bond donors (Lipinski definition) is 2. The number of aromatic amines is 1. The van der Waals surface area contributed by atoms with Gasteiger partial charge < -0.3 is 14.8 Å². The first-order valence-electron chi connectivity index (χ1n) is 9.38. The molecule has 0 atom stereocenters. The van der Waals surface area contributed by atoms with Crippen LogP contribution in [0.1, 0.15) is 22.4 Å². The molecule has 0 radical (unpaired) electrons. The fourth-order valence-electron chi connectivity index (χ4n) is 3.58. The highest BCUT2D eigenvalue weighted by Gasteiger charge is 2.26. The lowest BCUT2D eigenvalue weighted by atomic mass is 10.0. The van der Waals surface area contributed by atoms with Gasteiger partial charge in [0.05, 0.1) is 17.7 Å². The Bertz CT molecular complexity index is 1060. The summed E-state index contributed by atoms with van der Waals surface area (Å²) in [6.45, 7) is 3.74. The van der Waals surface area contributed by atoms with E-state index in [4.69, 9.17) is 9.47 Å². The van der Waals surface area contributed by atoms with E-state index in [-0.39, 0.29) is 18.0 Å². The molecule has 150 valence electrons. The Kier molecular flexibility index (Phi) is 5.18. The summed E-state index contributed by atoms with van der Waals surface area (Å²) >= 11 is 0. The summed E-state index contributed by atoms with van der Waals surface area (Å²) in [5.41, 5.74) is 5.28. The van der Waals surface area contributed by atoms with Crippen molar-refractivity contribution in [2.45, 2.75) is 26.5 Å². The van der Waals surface area contributed by atoms with E-state index in [1.165, 1.54) is 13.2 Å². The van der Waals surface area contributed by atoms with Crippen LogP contribution in [0.3, 0.4) is 0 Å². The number of aromatic nitrogens is 2. The van der Waals surface area contributed by atoms with Gasteiger partial charge in [-0.15, -0.1) is 0 Å². The first-order chi connectivity index (χ1) is 14.1. The van der Waals surface area contributed by atoms with Crippen LogP contribution in [0, 0.1) is 17.0 Å². The normalized spacial score (nSPS) is 13.0. The molecule has 1 aliphatic rings. The van der Waals surface area contributed by atoms with E-state index in [1.807, 2.05) is 31.2 Å². The maximum atomic E-state index is 11.8. The van der Waals surface area contributed by atoms with Gasteiger partial charge in [-0.25, -0.2) is 0 Å². The van der Waals surface area contributed by atoms with Crippen LogP contribution in [0.4, 0.5) is 5.69 Å². The van der Waals surface area contributed by atoms with E-state index in [2.05, 4.69) is 15.5 Å². The van der Waals surface area contributed by atoms with E-state index in [0.29, 0.717) is 23.6 Å². The van der Waals surface area contributed by atoms with Crippen LogP contribution in [0.25, 0.3) is 11.3 Å². The first kappa shape index (κ1) is 18.9. The maximum Gasteiger partial charge on any atom is 0.315 e. The molecule has 0 fully saturated rings. The van der Waals surface area contributed by atoms with Gasteiger partial charge in [-0.05, 0) is 18.6 Å². The van der Waals surface area contributed by atoms with Gasteiger partial charge >= 0.3 is 5.69 Å². The minimum atomic E-state index is -0.449. The third-order valence-electron chi connectivity index (χ3n) is 5.00. The summed E-state index contributed by atoms with van der Waals surface area (Å²) < 4.78 is 11.3. The summed E-state index contributed by atoms with van der Waals surface area (Å²) in [5, 5.41) is 22.5. The molecule has 0 bridgehead atoms. The Morgan fingerprint density at radius 2 is 2.14 bits per heavy atom. The number of rotatable bonds is 6. The van der Waals surface area contributed by atoms with Crippen molar-refractivity contribution in [3.8, 4) is 22.8 Å². The second kappa shape index (κ2) is 7.92. The number of methoxy groups -OCH3 is 1. The fraction of sp³-hybridized carbons (Fsp3) is 0.286. The molecule has 0 saturated carbocycles. The zero-order chi connectivity index (χ0) is 20.4. The lowest BCUT2D eigenvalue weighted by molar-refractivity contribution is -0.386. The van der Waals surface area contributed by atoms with E-state index >= 15 is 0 Å². The smallest absolute Gasteiger partial charge is 0.315 e. The van der Waals surface area contributed by atoms with Crippen molar-refractivity contribution in [3.63, 3.8) is 0 Å². The van der Waals surface area contributed by atoms with Crippen molar-refractivity contribution in [1.29, 1.82) is 0 Å². The molecule has 4 rings (SSSR count). The topological polar surface area (TPSA) is 102 Å². The average molecular weight is 394 g/mol. The molecule has 0 saturated heterocycles. The molecule has 0 unspecified atom stereocenters. The Morgan fingerprint density at radius 3 is 2.90 bits per heavy atom. The van der Waals surface area contributed by atoms with Gasteiger partial charge in [0, 0.05) is 42.4 Å². The Hall–Kier alpha value is -3.39. The minimum Gasteiger partial charge on any atom is -0.493 e. The van der Waals surface area contributed by atoms with Crippen molar-refractivity contribution in [2.24, 2.45) is 0 Å². The molecular formula is C21H22N4O4. The van der Waals surface area contributed by atoms with Crippen molar-refractivity contribution in [3.05, 3.63) is 68.9 Å². The highest BCUT2D eigenvalue weighted by Crippen LogP contribution is 2.42. The molecule has 8 nitrogen and oxygen atoms in total. The van der Waals surface area contributed by atoms with Crippen LogP contribution in [-0.2, 0) is 19.6 Å². The zero-order valence-electron chi connectivity index (χ0n) is 16.3. The van der Waals surface area contributed by atoms with Gasteiger partial charge in [0.25, 0.3) is 0 Å². The summed E-state index contributed by atoms with van der Waals surface area (Å²) in [6.07, 6.45) is 0.846. The van der Waals surface area contributed by atoms with Crippen LogP contribution in [0.15, 0.2) is 36.4 Å². The molecule has 1 aromatic heterocycles. The predicted molar refractivity (Wildman–Crippen MR) is 108 cm³/mol. The molecule has 1 aliphatic heterocycles. The van der Waals surface area contributed by atoms with Crippen molar-refractivity contribution >= 4 is 5.69 Å². The van der Waals surface area contributed by atoms with Crippen molar-refractivity contribution in [2.75, 3.05) is 13.7 Å². The molecule has 0 aliphatic carbocycles. The number of aryl methyl sites for hydroxylation is 1. The summed E-state index contributed by atoms with van der Waals surface area (Å²) in [4.78, 5) is 11.3. The van der Waals surface area contributed by atoms with Crippen LogP contribution >= 0.6 is 0 Å². The Balaban J connectivity index is 1.72. The lowest BCUT2D eigenvalue weighted by Gasteiger charge is -2.15. The highest BCUT2D eigenvalue weighted by molar-refractivity contribution is 5.73. The molecule has 2 heterocycles. The third-order valence-corrected chi connectivity index (χ3v) is 5.00. The SMILES string of the molecule is COc1cc(-c2n[nH]c3c2CNCC3)cc([N+](=O)[O-])c1OCc1cccc(C)c1. The van der Waals surface area contributed by atoms with Crippen LogP contribution in [-0.4, -0.2) is 28.8 Å². The predicted octanol–water partition coefficient (Wildman–Crippen LogP) is 3.53. The van der Waals surface area contributed by atoms with E-state index < -0.39 is 4.92 Å². The average Bonchev–Trinajstić information content (AvgIpc) is 3.16. The minimum absolute atomic E-state index is 0.116. The molecule has 29 heavy (non-hydrogen) atoms. The van der Waals surface area contributed by atoms with Crippen molar-refractivity contribution < 1.29 is 14.4 Å². The zero-order valence-corrected chi connectivity index (χ0v) is 16.3. The molecular weight excluding hydrogens is 372 g/mol. The van der Waals surface area contributed by atoms with E-state index in [9.17, 15) is 10.1 Å². The molecule has 3 aromatic rings. The molecule has 0 spiro atoms. The number of nitro groups is 1. The number of nitrogens with one attached hydrogen (secondary N) is 2. The van der Waals surface area contributed by atoms with E-state index in [1.54, 1.807) is 6.07 Å². The number of H-pyrrole nitrogens is 1. The van der Waals surface area contributed by atoms with Gasteiger partial charge in [-0.2, -0.15) is 5.10 Å². The highest BCUT2D eigenvalue weighted by atomic mass is 16.6. The number of fused-ring (bicyclic) bond motifs is 1. The molecule has 8 heteroatoms. The number of ether oxygens (including phenoxy) is 2. The summed E-state index contributed by atoms with van der Waals surface area (Å²) in [7, 11) is 1.48. The van der Waals surface area contributed by atoms with Gasteiger partial charge in [-0.3, -0.25) is 15.2 Å². The van der Waals surface area contributed by atoms with Gasteiger partial charge in [0.15, 0.2) is 5.75 Å². The van der Waals surface area contributed by atoms with E-state index in [0.717, 1.165) is 35.3 Å². The van der Waals surface area contributed by atoms with Crippen LogP contribution in [0.5, 0.6) is 11.5 Å². The van der Waals surface area contributed by atoms with Crippen LogP contribution < -0.4 is 14.8 Å². The number of nitro benzene ring substituents is 1. The second-order valence-electron chi connectivity index (χ2n) is 7.02. The number of nitrogens with zero attached hydrogens (tertiary/aromatic N) is 2. The number of benzene rings is 2. The van der Waals surface area contributed by atoms with Crippen LogP contribution in [0.2, 0.25) is 0 Å². The second-order valence-corrected chi connectivity index (χ2v) is 7.02. The van der Waals surface area contributed by atoms with Gasteiger partial charge in [0.2, 0.25) is 5.75 Å². The van der Waals surface area contributed by atoms with Gasteiger partial charge in [-0.1, -0.05) is 29.8 Å². The summed E-state index contributed by atoms with van der Waals surface area (Å²) in [6, 6.07) is 11.1. The van der Waals surface area contributed by atoms with Crippen molar-refractivity contribution in [1.82, 2.24) is 15.5 Å². The lowest BCUT2D eigenvalue weighted by Crippen LogP contribution is -2.23. The maximum absolute atomic E-state index is 11.8. The molecule has 2 N–H and O–H groups in total. The fourth-order valence-corrected chi connectivity index (χ4v) is 3.58. The third kappa shape index (κ3) is 3.79. The largest absolute Gasteiger partial charge is 0.493 e. The number of hydrogen-bond acceptors (Lipinski definition) is 6. The Morgan fingerprint density at radius 1 is 1.28 bits per heavy atom. The standard InChI is InChI=1S/C21H22N4O4/c1-13-4-3-5-14(8-13)12-29-21-18(25(26)27)9-15(10-19(21)28-2)20-16-11-22-7-6-17(16)23-24-20/h3-5,8-10,22H,6-7,11-12H2,1-2H3,(H,23,24). The first-order valence-corrected chi connectivity index (χ1v) is 9.38. The molecule has 2 aromatic carbocycles. The molecule has 0 amide bonds. The monoisotopic (exact) mass is 394 g/mol. The Labute approximate surface area is 168 Å².